The van der Waals surface area contributed by atoms with Gasteiger partial charge in [-0.15, -0.1) is 5.10 Å². The van der Waals surface area contributed by atoms with Gasteiger partial charge in [-0.05, 0) is 0 Å². The van der Waals surface area contributed by atoms with Crippen LogP contribution in [0.25, 0.3) is 0 Å². The van der Waals surface area contributed by atoms with Crippen LogP contribution < -0.4 is 5.69 Å². The predicted molar refractivity (Wildman–Crippen MR) is 44.8 cm³/mol. The fourth-order valence-corrected chi connectivity index (χ4v) is 0.806. The van der Waals surface area contributed by atoms with Crippen molar-refractivity contribution in [2.75, 3.05) is 0 Å². The minimum absolute atomic E-state index is 0.458. The van der Waals surface area contributed by atoms with Gasteiger partial charge >= 0.3 is 11.9 Å². The smallest absolute Gasteiger partial charge is 0.274 e. The number of aromatic nitrogens is 3. The molecule has 0 aliphatic carbocycles. The fourth-order valence-electron chi connectivity index (χ4n) is 0.806. The summed E-state index contributed by atoms with van der Waals surface area (Å²) in [5, 5.41) is 3.02. The van der Waals surface area contributed by atoms with E-state index < -0.39 is 17.7 Å². The van der Waals surface area contributed by atoms with Crippen molar-refractivity contribution in [2.45, 2.75) is 20.0 Å². The average molecular weight is 211 g/mol. The highest BCUT2D eigenvalue weighted by Gasteiger charge is 2.37. The van der Waals surface area contributed by atoms with Gasteiger partial charge in [-0.3, -0.25) is 4.57 Å². The van der Waals surface area contributed by atoms with Crippen LogP contribution in [0, 0.1) is 0 Å². The average Bonchev–Trinajstić information content (AvgIpc) is 2.36. The number of aryl methyl sites for hydroxylation is 1. The Kier molecular flexibility index (Phi) is 3.91. The molecule has 0 aromatic carbocycles. The highest BCUT2D eigenvalue weighted by Crippen LogP contribution is 2.25. The Hall–Kier alpha value is -1.27. The molecular formula is C7H12F3N3O. The molecule has 0 atom stereocenters. The quantitative estimate of drug-likeness (QED) is 0.646. The van der Waals surface area contributed by atoms with Gasteiger partial charge in [0.05, 0.1) is 0 Å². The van der Waals surface area contributed by atoms with E-state index in [-0.39, 0.29) is 0 Å². The van der Waals surface area contributed by atoms with E-state index in [2.05, 4.69) is 5.10 Å². The Morgan fingerprint density at radius 2 is 1.64 bits per heavy atom. The second-order valence-corrected chi connectivity index (χ2v) is 2.29. The Morgan fingerprint density at radius 1 is 1.21 bits per heavy atom. The molecule has 14 heavy (non-hydrogen) atoms. The molecule has 1 aromatic heterocycles. The molecular weight excluding hydrogens is 199 g/mol. The maximum atomic E-state index is 12.0. The normalized spacial score (nSPS) is 10.8. The Bertz CT molecular complexity index is 350. The van der Waals surface area contributed by atoms with Crippen molar-refractivity contribution in [1.82, 2.24) is 14.3 Å². The third kappa shape index (κ3) is 2.36. The van der Waals surface area contributed by atoms with E-state index in [1.165, 1.54) is 0 Å². The van der Waals surface area contributed by atoms with Gasteiger partial charge in [0.15, 0.2) is 0 Å². The number of alkyl halides is 3. The van der Waals surface area contributed by atoms with Crippen LogP contribution in [0.4, 0.5) is 13.2 Å². The molecule has 1 rings (SSSR count). The van der Waals surface area contributed by atoms with E-state index in [0.717, 1.165) is 14.1 Å². The standard InChI is InChI=1S/C5H6F3N3O.C2H6/c1-10-3(5(6,7)8)9-11(2)4(10)12;1-2/h1-2H3;1-2H3. The molecule has 1 aromatic rings. The number of rotatable bonds is 0. The summed E-state index contributed by atoms with van der Waals surface area (Å²) in [6.45, 7) is 4.00. The van der Waals surface area contributed by atoms with Crippen LogP contribution in [0.15, 0.2) is 4.79 Å². The maximum absolute atomic E-state index is 12.0. The molecule has 0 amide bonds. The molecule has 1 heterocycles. The van der Waals surface area contributed by atoms with Crippen molar-refractivity contribution in [2.24, 2.45) is 14.1 Å². The van der Waals surface area contributed by atoms with Crippen LogP contribution in [0.1, 0.15) is 19.7 Å². The number of halogens is 3. The SMILES string of the molecule is CC.Cn1nc(C(F)(F)F)n(C)c1=O. The van der Waals surface area contributed by atoms with Crippen molar-refractivity contribution >= 4 is 0 Å². The minimum Gasteiger partial charge on any atom is -0.274 e. The van der Waals surface area contributed by atoms with E-state index in [1.54, 1.807) is 0 Å². The second-order valence-electron chi connectivity index (χ2n) is 2.29. The first-order chi connectivity index (χ1) is 6.34. The van der Waals surface area contributed by atoms with E-state index in [1.807, 2.05) is 13.8 Å². The molecule has 82 valence electrons. The van der Waals surface area contributed by atoms with Gasteiger partial charge in [0.2, 0.25) is 5.82 Å². The molecule has 0 saturated carbocycles. The molecule has 0 N–H and O–H groups in total. The highest BCUT2D eigenvalue weighted by molar-refractivity contribution is 4.91. The fraction of sp³-hybridized carbons (Fsp3) is 0.714. The van der Waals surface area contributed by atoms with Gasteiger partial charge in [0, 0.05) is 14.1 Å². The zero-order valence-electron chi connectivity index (χ0n) is 8.38. The topological polar surface area (TPSA) is 39.8 Å². The van der Waals surface area contributed by atoms with Crippen LogP contribution in [-0.2, 0) is 20.3 Å². The summed E-state index contributed by atoms with van der Waals surface area (Å²) in [6, 6.07) is 0. The van der Waals surface area contributed by atoms with Crippen LogP contribution in [0.2, 0.25) is 0 Å². The third-order valence-electron chi connectivity index (χ3n) is 1.38. The zero-order chi connectivity index (χ0) is 11.5. The first-order valence-electron chi connectivity index (χ1n) is 4.01. The Balaban J connectivity index is 0.000000791. The van der Waals surface area contributed by atoms with Crippen LogP contribution in [-0.4, -0.2) is 14.3 Å². The van der Waals surface area contributed by atoms with Crippen LogP contribution in [0.5, 0.6) is 0 Å². The number of hydrogen-bond donors (Lipinski definition) is 0. The first kappa shape index (κ1) is 12.7. The van der Waals surface area contributed by atoms with Crippen molar-refractivity contribution in [3.63, 3.8) is 0 Å². The van der Waals surface area contributed by atoms with Crippen molar-refractivity contribution in [1.29, 1.82) is 0 Å². The predicted octanol–water partition coefficient (Wildman–Crippen LogP) is 1.16. The summed E-state index contributed by atoms with van der Waals surface area (Å²) in [5.74, 6) is -1.19. The molecule has 4 nitrogen and oxygen atoms in total. The molecule has 0 fully saturated rings. The maximum Gasteiger partial charge on any atom is 0.451 e. The van der Waals surface area contributed by atoms with E-state index >= 15 is 0 Å². The molecule has 0 saturated heterocycles. The summed E-state index contributed by atoms with van der Waals surface area (Å²) < 4.78 is 37.1. The molecule has 0 spiro atoms. The summed E-state index contributed by atoms with van der Waals surface area (Å²) in [4.78, 5) is 10.8. The van der Waals surface area contributed by atoms with Gasteiger partial charge in [-0.25, -0.2) is 9.48 Å². The number of nitrogens with zero attached hydrogens (tertiary/aromatic N) is 3. The molecule has 0 aliphatic rings. The Labute approximate surface area is 79.0 Å². The zero-order valence-corrected chi connectivity index (χ0v) is 8.38. The Morgan fingerprint density at radius 3 is 1.79 bits per heavy atom. The second kappa shape index (κ2) is 4.30. The van der Waals surface area contributed by atoms with E-state index in [4.69, 9.17) is 0 Å². The molecule has 7 heteroatoms. The molecule has 0 unspecified atom stereocenters. The monoisotopic (exact) mass is 211 g/mol. The van der Waals surface area contributed by atoms with Gasteiger partial charge in [-0.1, -0.05) is 13.8 Å². The lowest BCUT2D eigenvalue weighted by Crippen LogP contribution is -2.22. The van der Waals surface area contributed by atoms with Crippen LogP contribution in [0.3, 0.4) is 0 Å². The minimum atomic E-state index is -4.57. The van der Waals surface area contributed by atoms with Crippen molar-refractivity contribution in [3.05, 3.63) is 16.3 Å². The largest absolute Gasteiger partial charge is 0.451 e. The third-order valence-corrected chi connectivity index (χ3v) is 1.38. The lowest BCUT2D eigenvalue weighted by Gasteiger charge is -2.02. The highest BCUT2D eigenvalue weighted by atomic mass is 19.4. The van der Waals surface area contributed by atoms with Gasteiger partial charge in [0.25, 0.3) is 0 Å². The summed E-state index contributed by atoms with van der Waals surface area (Å²) >= 11 is 0. The summed E-state index contributed by atoms with van der Waals surface area (Å²) in [5.41, 5.74) is -0.790. The molecule has 0 bridgehead atoms. The van der Waals surface area contributed by atoms with Gasteiger partial charge < -0.3 is 0 Å². The summed E-state index contributed by atoms with van der Waals surface area (Å²) in [7, 11) is 2.19. The van der Waals surface area contributed by atoms with Crippen molar-refractivity contribution in [3.8, 4) is 0 Å². The number of hydrogen-bond acceptors (Lipinski definition) is 2. The van der Waals surface area contributed by atoms with Gasteiger partial charge in [-0.2, -0.15) is 13.2 Å². The van der Waals surface area contributed by atoms with Crippen molar-refractivity contribution < 1.29 is 13.2 Å². The lowest BCUT2D eigenvalue weighted by molar-refractivity contribution is -0.147. The molecule has 0 radical (unpaired) electrons. The van der Waals surface area contributed by atoms with E-state index in [0.29, 0.717) is 9.25 Å². The van der Waals surface area contributed by atoms with E-state index in [9.17, 15) is 18.0 Å². The van der Waals surface area contributed by atoms with Gasteiger partial charge in [0.1, 0.15) is 0 Å². The van der Waals surface area contributed by atoms with Crippen LogP contribution >= 0.6 is 0 Å². The summed E-state index contributed by atoms with van der Waals surface area (Å²) in [6.07, 6.45) is -4.57. The molecule has 0 aliphatic heterocycles. The lowest BCUT2D eigenvalue weighted by atomic mass is 10.6. The first-order valence-corrected chi connectivity index (χ1v) is 4.01.